The molecule has 0 saturated heterocycles. The van der Waals surface area contributed by atoms with E-state index in [1.165, 1.54) is 5.56 Å². The van der Waals surface area contributed by atoms with Crippen molar-refractivity contribution in [3.05, 3.63) is 100 Å². The number of likely N-dealkylation sites (N-methyl/N-ethyl adjacent to an activating group) is 1. The number of benzene rings is 3. The smallest absolute Gasteiger partial charge is 0.261 e. The lowest BCUT2D eigenvalue weighted by Gasteiger charge is -2.31. The maximum atomic E-state index is 13.6. The molecule has 0 aliphatic carbocycles. The largest absolute Gasteiger partial charge is 0.483 e. The van der Waals surface area contributed by atoms with Crippen molar-refractivity contribution in [2.75, 3.05) is 13.2 Å². The summed E-state index contributed by atoms with van der Waals surface area (Å²) in [5.41, 5.74) is 3.12. The summed E-state index contributed by atoms with van der Waals surface area (Å²) in [5.74, 6) is 0.558. The number of halogens is 1. The Bertz CT molecular complexity index is 1100. The van der Waals surface area contributed by atoms with Crippen LogP contribution in [-0.2, 0) is 22.6 Å². The first-order chi connectivity index (χ1) is 16.9. The van der Waals surface area contributed by atoms with E-state index in [4.69, 9.17) is 4.74 Å². The van der Waals surface area contributed by atoms with Crippen LogP contribution in [0.1, 0.15) is 43.4 Å². The van der Waals surface area contributed by atoms with Gasteiger partial charge in [-0.2, -0.15) is 0 Å². The number of nitrogens with zero attached hydrogens (tertiary/aromatic N) is 1. The maximum absolute atomic E-state index is 13.6. The summed E-state index contributed by atoms with van der Waals surface area (Å²) in [6.45, 7) is 6.76. The summed E-state index contributed by atoms with van der Waals surface area (Å²) in [5, 5.41) is 2.91. The first kappa shape index (κ1) is 26.5. The van der Waals surface area contributed by atoms with E-state index in [2.05, 4.69) is 35.1 Å². The van der Waals surface area contributed by atoms with E-state index < -0.39 is 6.04 Å². The van der Waals surface area contributed by atoms with Crippen LogP contribution in [0.5, 0.6) is 5.75 Å². The van der Waals surface area contributed by atoms with Crippen LogP contribution < -0.4 is 10.1 Å². The second-order valence-corrected chi connectivity index (χ2v) is 9.59. The van der Waals surface area contributed by atoms with E-state index in [9.17, 15) is 9.59 Å². The van der Waals surface area contributed by atoms with Crippen molar-refractivity contribution in [2.24, 2.45) is 0 Å². The lowest BCUT2D eigenvalue weighted by molar-refractivity contribution is -0.142. The predicted octanol–water partition coefficient (Wildman–Crippen LogP) is 5.73. The molecule has 1 unspecified atom stereocenters. The summed E-state index contributed by atoms with van der Waals surface area (Å²) < 4.78 is 6.72. The molecular weight excluding hydrogens is 504 g/mol. The second-order valence-electron chi connectivity index (χ2n) is 8.74. The van der Waals surface area contributed by atoms with E-state index in [-0.39, 0.29) is 18.4 Å². The van der Waals surface area contributed by atoms with Crippen LogP contribution in [0.15, 0.2) is 83.3 Å². The lowest BCUT2D eigenvalue weighted by Crippen LogP contribution is -2.51. The van der Waals surface area contributed by atoms with Gasteiger partial charge >= 0.3 is 0 Å². The molecule has 0 radical (unpaired) electrons. The van der Waals surface area contributed by atoms with Gasteiger partial charge in [-0.25, -0.2) is 0 Å². The van der Waals surface area contributed by atoms with Crippen LogP contribution in [0, 0.1) is 0 Å². The van der Waals surface area contributed by atoms with Gasteiger partial charge in [-0.1, -0.05) is 80.6 Å². The minimum atomic E-state index is -0.666. The fourth-order valence-electron chi connectivity index (χ4n) is 3.84. The average Bonchev–Trinajstić information content (AvgIpc) is 2.86. The Morgan fingerprint density at radius 1 is 0.943 bits per heavy atom. The average molecular weight is 537 g/mol. The molecule has 0 spiro atoms. The molecule has 0 fully saturated rings. The van der Waals surface area contributed by atoms with Gasteiger partial charge in [0, 0.05) is 19.5 Å². The van der Waals surface area contributed by atoms with Gasteiger partial charge in [0.15, 0.2) is 6.61 Å². The van der Waals surface area contributed by atoms with E-state index in [0.29, 0.717) is 31.2 Å². The monoisotopic (exact) mass is 536 g/mol. The van der Waals surface area contributed by atoms with Crippen LogP contribution in [-0.4, -0.2) is 35.9 Å². The number of nitrogens with one attached hydrogen (secondary N) is 1. The highest BCUT2D eigenvalue weighted by atomic mass is 79.9. The minimum absolute atomic E-state index is 0.169. The number of carbonyl (C=O) groups excluding carboxylic acids is 2. The quantitative estimate of drug-likeness (QED) is 0.340. The first-order valence-electron chi connectivity index (χ1n) is 12.0. The molecule has 2 amide bonds. The van der Waals surface area contributed by atoms with Gasteiger partial charge < -0.3 is 15.0 Å². The number of ether oxygens (including phenoxy) is 1. The number of rotatable bonds is 11. The molecule has 3 aromatic carbocycles. The fraction of sp³-hybridized carbons (Fsp3) is 0.310. The van der Waals surface area contributed by atoms with Gasteiger partial charge in [0.05, 0.1) is 4.47 Å². The Morgan fingerprint density at radius 3 is 2.14 bits per heavy atom. The molecule has 184 valence electrons. The number of hydrogen-bond acceptors (Lipinski definition) is 3. The van der Waals surface area contributed by atoms with Crippen molar-refractivity contribution in [1.82, 2.24) is 10.2 Å². The summed E-state index contributed by atoms with van der Waals surface area (Å²) in [7, 11) is 0. The second kappa shape index (κ2) is 13.1. The molecule has 1 atom stereocenters. The Hall–Kier alpha value is -3.12. The molecule has 5 nitrogen and oxygen atoms in total. The van der Waals surface area contributed by atoms with Crippen LogP contribution >= 0.6 is 15.9 Å². The highest BCUT2D eigenvalue weighted by molar-refractivity contribution is 9.10. The van der Waals surface area contributed by atoms with E-state index in [1.807, 2.05) is 85.8 Å². The van der Waals surface area contributed by atoms with E-state index in [0.717, 1.165) is 15.6 Å². The summed E-state index contributed by atoms with van der Waals surface area (Å²) >= 11 is 3.56. The zero-order chi connectivity index (χ0) is 25.2. The summed E-state index contributed by atoms with van der Waals surface area (Å²) in [6, 6.07) is 24.7. The molecule has 6 heteroatoms. The van der Waals surface area contributed by atoms with Crippen molar-refractivity contribution in [3.63, 3.8) is 0 Å². The lowest BCUT2D eigenvalue weighted by atomic mass is 10.0. The topological polar surface area (TPSA) is 58.6 Å². The van der Waals surface area contributed by atoms with Crippen molar-refractivity contribution in [1.29, 1.82) is 0 Å². The van der Waals surface area contributed by atoms with Gasteiger partial charge in [0.1, 0.15) is 11.8 Å². The number of amides is 2. The van der Waals surface area contributed by atoms with Crippen molar-refractivity contribution < 1.29 is 14.3 Å². The first-order valence-corrected chi connectivity index (χ1v) is 12.8. The molecule has 3 aromatic rings. The Kier molecular flexibility index (Phi) is 9.91. The molecular formula is C29H33BrN2O3. The molecule has 0 heterocycles. The standard InChI is InChI=1S/C29H33BrN2O3/c1-4-31-29(34)26(17-22-11-7-5-8-12-22)32(19-23-13-9-6-10-14-23)28(33)20-35-27-16-15-24(21(2)3)18-25(27)30/h5-16,18,21,26H,4,17,19-20H2,1-3H3,(H,31,34). The molecule has 1 N–H and O–H groups in total. The van der Waals surface area contributed by atoms with Gasteiger partial charge in [-0.05, 0) is 57.6 Å². The summed E-state index contributed by atoms with van der Waals surface area (Å²) in [6.07, 6.45) is 0.415. The van der Waals surface area contributed by atoms with Crippen LogP contribution in [0.4, 0.5) is 0 Å². The predicted molar refractivity (Wildman–Crippen MR) is 143 cm³/mol. The Morgan fingerprint density at radius 2 is 1.57 bits per heavy atom. The number of hydrogen-bond donors (Lipinski definition) is 1. The highest BCUT2D eigenvalue weighted by Crippen LogP contribution is 2.29. The summed E-state index contributed by atoms with van der Waals surface area (Å²) in [4.78, 5) is 28.3. The van der Waals surface area contributed by atoms with Gasteiger partial charge in [0.2, 0.25) is 5.91 Å². The van der Waals surface area contributed by atoms with Crippen LogP contribution in [0.25, 0.3) is 0 Å². The van der Waals surface area contributed by atoms with Crippen molar-refractivity contribution >= 4 is 27.7 Å². The SMILES string of the molecule is CCNC(=O)C(Cc1ccccc1)N(Cc1ccccc1)C(=O)COc1ccc(C(C)C)cc1Br. The normalized spacial score (nSPS) is 11.7. The third kappa shape index (κ3) is 7.69. The Balaban J connectivity index is 1.86. The van der Waals surface area contributed by atoms with Gasteiger partial charge in [-0.15, -0.1) is 0 Å². The van der Waals surface area contributed by atoms with E-state index in [1.54, 1.807) is 4.90 Å². The Labute approximate surface area is 216 Å². The van der Waals surface area contributed by atoms with Gasteiger partial charge in [0.25, 0.3) is 5.91 Å². The molecule has 0 aliphatic heterocycles. The highest BCUT2D eigenvalue weighted by Gasteiger charge is 2.30. The minimum Gasteiger partial charge on any atom is -0.483 e. The van der Waals surface area contributed by atoms with Crippen molar-refractivity contribution in [3.8, 4) is 5.75 Å². The van der Waals surface area contributed by atoms with E-state index >= 15 is 0 Å². The third-order valence-electron chi connectivity index (χ3n) is 5.79. The molecule has 0 aliphatic rings. The fourth-order valence-corrected chi connectivity index (χ4v) is 4.35. The maximum Gasteiger partial charge on any atom is 0.261 e. The zero-order valence-electron chi connectivity index (χ0n) is 20.5. The molecule has 35 heavy (non-hydrogen) atoms. The van der Waals surface area contributed by atoms with Gasteiger partial charge in [-0.3, -0.25) is 9.59 Å². The number of carbonyl (C=O) groups is 2. The van der Waals surface area contributed by atoms with Crippen LogP contribution in [0.2, 0.25) is 0 Å². The van der Waals surface area contributed by atoms with Crippen molar-refractivity contribution in [2.45, 2.75) is 45.7 Å². The third-order valence-corrected chi connectivity index (χ3v) is 6.41. The molecule has 0 bridgehead atoms. The molecule has 3 rings (SSSR count). The zero-order valence-corrected chi connectivity index (χ0v) is 22.1. The molecule has 0 aromatic heterocycles. The molecule has 0 saturated carbocycles. The van der Waals surface area contributed by atoms with Crippen LogP contribution in [0.3, 0.4) is 0 Å².